The van der Waals surface area contributed by atoms with E-state index in [1.165, 1.54) is 20.8 Å². The molecule has 26 heteroatoms. The number of carbonyl (C=O) groups is 3. The number of hydrogen-bond donors (Lipinski definition) is 3. The van der Waals surface area contributed by atoms with Gasteiger partial charge in [0.05, 0.1) is 27.4 Å². The summed E-state index contributed by atoms with van der Waals surface area (Å²) in [5.74, 6) is -0.467. The molecule has 1 aliphatic heterocycles. The van der Waals surface area contributed by atoms with Gasteiger partial charge in [-0.15, -0.1) is 0 Å². The van der Waals surface area contributed by atoms with Crippen LogP contribution in [0.3, 0.4) is 0 Å². The van der Waals surface area contributed by atoms with Crippen LogP contribution >= 0.6 is 35.2 Å². The number of anilines is 1. The summed E-state index contributed by atoms with van der Waals surface area (Å²) in [6.45, 7) is 1.71. The molecule has 2 aromatic heterocycles. The summed E-state index contributed by atoms with van der Waals surface area (Å²) < 4.78 is 60.4. The lowest BCUT2D eigenvalue weighted by Gasteiger charge is -2.36. The van der Waals surface area contributed by atoms with Crippen LogP contribution in [0.2, 0.25) is 0 Å². The Labute approximate surface area is 294 Å². The number of nitrogen functional groups attached to an aromatic ring is 1. The maximum Gasteiger partial charge on any atom is 0.274 e. The Bertz CT molecular complexity index is 1710. The number of aliphatic hydroxyl groups excluding tert-OH is 2. The van der Waals surface area contributed by atoms with Crippen molar-refractivity contribution in [3.8, 4) is 0 Å². The van der Waals surface area contributed by atoms with Gasteiger partial charge in [-0.25, -0.2) is 19.3 Å². The number of fused-ring (bicyclic) bond motifs is 1. The second kappa shape index (κ2) is 17.9. The number of imidazole rings is 1. The van der Waals surface area contributed by atoms with Crippen molar-refractivity contribution in [2.24, 2.45) is 5.41 Å². The summed E-state index contributed by atoms with van der Waals surface area (Å²) in [7, 11) is -17.5. The van der Waals surface area contributed by atoms with Gasteiger partial charge in [-0.2, -0.15) is 0 Å². The minimum Gasteiger partial charge on any atom is -0.790 e. The fourth-order valence-electron chi connectivity index (χ4n) is 4.72. The smallest absolute Gasteiger partial charge is 0.274 e. The molecule has 0 spiro atoms. The zero-order valence-corrected chi connectivity index (χ0v) is 30.8. The Morgan fingerprint density at radius 3 is 2.35 bits per heavy atom. The van der Waals surface area contributed by atoms with Gasteiger partial charge in [-0.1, -0.05) is 25.6 Å². The van der Waals surface area contributed by atoms with Crippen LogP contribution in [-0.4, -0.2) is 89.8 Å². The van der Waals surface area contributed by atoms with Gasteiger partial charge < -0.3 is 58.4 Å². The first-order valence-corrected chi connectivity index (χ1v) is 20.3. The van der Waals surface area contributed by atoms with E-state index in [4.69, 9.17) is 10.5 Å². The number of rotatable bonds is 21. The van der Waals surface area contributed by atoms with E-state index in [1.54, 1.807) is 0 Å². The number of aliphatic hydroxyl groups is 2. The van der Waals surface area contributed by atoms with E-state index in [1.807, 2.05) is 0 Å². The average Bonchev–Trinajstić information content (AvgIpc) is 3.57. The van der Waals surface area contributed by atoms with Crippen molar-refractivity contribution in [2.75, 3.05) is 24.7 Å². The maximum atomic E-state index is 12.5. The van der Waals surface area contributed by atoms with Crippen LogP contribution in [0.4, 0.5) is 5.82 Å². The molecular weight excluding hydrogens is 767 g/mol. The van der Waals surface area contributed by atoms with Gasteiger partial charge in [0.25, 0.3) is 15.6 Å². The second-order valence-corrected chi connectivity index (χ2v) is 17.2. The molecule has 0 amide bonds. The zero-order valence-electron chi connectivity index (χ0n) is 27.3. The molecule has 3 heterocycles. The molecule has 4 N–H and O–H groups in total. The predicted octanol–water partition coefficient (Wildman–Crippen LogP) is -1.38. The fourth-order valence-corrected chi connectivity index (χ4v) is 8.03. The highest BCUT2D eigenvalue weighted by Crippen LogP contribution is 2.56. The fraction of sp³-hybridized carbons (Fsp3) is 0.680. The third kappa shape index (κ3) is 13.1. The van der Waals surface area contributed by atoms with Gasteiger partial charge in [0.1, 0.15) is 42.0 Å². The summed E-state index contributed by atoms with van der Waals surface area (Å²) in [5.41, 5.74) is 4.16. The van der Waals surface area contributed by atoms with Gasteiger partial charge in [-0.05, 0) is 12.8 Å². The SMILES string of the molecule is CC(=O)SCCCC(=O)CCCC(=O)[C@H](O)C(C)(C)COP(=O)([O-])OP(=O)([O-])OC[C@H]1O[C@@H](n2cnc3c(N)ncnc32)[C@@H](O)C1OP(=O)([O-])[O-]. The largest absolute Gasteiger partial charge is 0.790 e. The van der Waals surface area contributed by atoms with Crippen molar-refractivity contribution in [1.29, 1.82) is 0 Å². The van der Waals surface area contributed by atoms with Crippen molar-refractivity contribution in [2.45, 2.75) is 83.5 Å². The van der Waals surface area contributed by atoms with E-state index >= 15 is 0 Å². The minimum absolute atomic E-state index is 0.0145. The van der Waals surface area contributed by atoms with Crippen LogP contribution < -0.4 is 25.3 Å². The van der Waals surface area contributed by atoms with Crippen molar-refractivity contribution < 1.29 is 80.5 Å². The van der Waals surface area contributed by atoms with Gasteiger partial charge in [-0.3, -0.25) is 28.1 Å². The monoisotopic (exact) mass is 803 g/mol. The number of ketones is 2. The van der Waals surface area contributed by atoms with Crippen LogP contribution in [0.15, 0.2) is 12.7 Å². The molecule has 7 atom stereocenters. The molecule has 3 unspecified atom stereocenters. The summed E-state index contributed by atoms with van der Waals surface area (Å²) in [4.78, 5) is 94.7. The Morgan fingerprint density at radius 1 is 1.06 bits per heavy atom. The summed E-state index contributed by atoms with van der Waals surface area (Å²) >= 11 is 1.09. The number of carbonyl (C=O) groups excluding carboxylic acids is 3. The normalized spacial score (nSPS) is 22.8. The highest BCUT2D eigenvalue weighted by atomic mass is 32.2. The lowest BCUT2D eigenvalue weighted by molar-refractivity contribution is -0.347. The quantitative estimate of drug-likeness (QED) is 0.0967. The highest BCUT2D eigenvalue weighted by molar-refractivity contribution is 8.13. The lowest BCUT2D eigenvalue weighted by Crippen LogP contribution is -2.40. The standard InChI is InChI=1S/C25H40N5O17P3S/c1-14(31)51-9-5-7-15(32)6-4-8-16(33)21(35)25(2,3)11-44-50(41,42)47-49(39,40)43-10-17-20(46-48(36,37)38)19(34)24(45-17)30-13-29-18-22(26)27-12-28-23(18)30/h12-13,17,19-21,24,34-35H,4-11H2,1-3H3,(H,39,40)(H,41,42)(H2,26,27,28)(H2,36,37,38)/p-4/t17-,19+,20?,21+,24-/m1/s1. The number of hydrogen-bond acceptors (Lipinski definition) is 22. The number of thioether (sulfide) groups is 1. The Morgan fingerprint density at radius 2 is 1.71 bits per heavy atom. The van der Waals surface area contributed by atoms with E-state index in [0.717, 1.165) is 29.0 Å². The van der Waals surface area contributed by atoms with E-state index < -0.39 is 78.5 Å². The van der Waals surface area contributed by atoms with Gasteiger partial charge in [0.15, 0.2) is 28.6 Å². The summed E-state index contributed by atoms with van der Waals surface area (Å²) in [6.07, 6.45) is -6.59. The van der Waals surface area contributed by atoms with Crippen LogP contribution in [0.1, 0.15) is 59.1 Å². The number of aromatic nitrogens is 4. The zero-order chi connectivity index (χ0) is 38.4. The molecule has 0 saturated carbocycles. The van der Waals surface area contributed by atoms with E-state index in [2.05, 4.69) is 32.8 Å². The average molecular weight is 804 g/mol. The number of phosphoric acid groups is 3. The van der Waals surface area contributed by atoms with Gasteiger partial charge in [0.2, 0.25) is 0 Å². The minimum atomic E-state index is -5.88. The molecule has 3 rings (SSSR count). The third-order valence-corrected chi connectivity index (χ3v) is 11.2. The molecule has 288 valence electrons. The van der Waals surface area contributed by atoms with Crippen LogP contribution in [-0.2, 0) is 50.7 Å². The Balaban J connectivity index is 1.55. The van der Waals surface area contributed by atoms with Crippen LogP contribution in [0.25, 0.3) is 11.2 Å². The molecule has 22 nitrogen and oxygen atoms in total. The highest BCUT2D eigenvalue weighted by Gasteiger charge is 2.47. The van der Waals surface area contributed by atoms with Crippen LogP contribution in [0, 0.1) is 5.41 Å². The topological polar surface area (TPSA) is 351 Å². The van der Waals surface area contributed by atoms with Crippen LogP contribution in [0.5, 0.6) is 0 Å². The van der Waals surface area contributed by atoms with E-state index in [9.17, 15) is 57.9 Å². The third-order valence-electron chi connectivity index (χ3n) is 7.24. The predicted molar refractivity (Wildman–Crippen MR) is 166 cm³/mol. The number of Topliss-reactive ketones (excluding diaryl/α,β-unsaturated/α-hetero) is 2. The van der Waals surface area contributed by atoms with Gasteiger partial charge in [0, 0.05) is 37.4 Å². The molecule has 0 aromatic carbocycles. The molecule has 0 aliphatic carbocycles. The van der Waals surface area contributed by atoms with Gasteiger partial charge >= 0.3 is 0 Å². The first kappa shape index (κ1) is 43.4. The lowest BCUT2D eigenvalue weighted by atomic mass is 9.84. The summed E-state index contributed by atoms with van der Waals surface area (Å²) in [6, 6.07) is 0. The number of nitrogens with two attached hydrogens (primary N) is 1. The molecule has 0 bridgehead atoms. The van der Waals surface area contributed by atoms with Crippen molar-refractivity contribution in [3.63, 3.8) is 0 Å². The second-order valence-electron chi connectivity index (χ2n) is 11.9. The van der Waals surface area contributed by atoms with Crippen molar-refractivity contribution in [1.82, 2.24) is 19.5 Å². The first-order chi connectivity index (χ1) is 23.5. The molecule has 51 heavy (non-hydrogen) atoms. The number of ether oxygens (including phenoxy) is 1. The molecule has 0 radical (unpaired) electrons. The molecule has 1 fully saturated rings. The van der Waals surface area contributed by atoms with E-state index in [-0.39, 0.29) is 53.6 Å². The molecular formula is C25H36N5O17P3S-4. The molecule has 2 aromatic rings. The molecule has 1 aliphatic rings. The number of phosphoric ester groups is 3. The van der Waals surface area contributed by atoms with Crippen molar-refractivity contribution >= 4 is 68.9 Å². The molecule has 1 saturated heterocycles. The van der Waals surface area contributed by atoms with E-state index in [0.29, 0.717) is 12.2 Å². The Hall–Kier alpha value is -2.04. The van der Waals surface area contributed by atoms with Crippen molar-refractivity contribution in [3.05, 3.63) is 12.7 Å². The Kier molecular flexibility index (Phi) is 15.2. The first-order valence-electron chi connectivity index (χ1n) is 15.0. The summed E-state index contributed by atoms with van der Waals surface area (Å²) in [5, 5.41) is 21.2. The number of nitrogens with zero attached hydrogens (tertiary/aromatic N) is 4. The maximum absolute atomic E-state index is 12.5.